The first-order valence-electron chi connectivity index (χ1n) is 7.03. The Bertz CT molecular complexity index is 466. The van der Waals surface area contributed by atoms with Crippen molar-refractivity contribution >= 4 is 17.3 Å². The molecule has 1 aromatic carbocycles. The molecule has 0 atom stereocenters. The van der Waals surface area contributed by atoms with Gasteiger partial charge in [0.1, 0.15) is 5.82 Å². The molecular formula is C15H24FN3O2. The van der Waals surface area contributed by atoms with E-state index < -0.39 is 5.82 Å². The van der Waals surface area contributed by atoms with Crippen LogP contribution in [0.15, 0.2) is 18.2 Å². The van der Waals surface area contributed by atoms with Crippen molar-refractivity contribution in [1.82, 2.24) is 4.90 Å². The van der Waals surface area contributed by atoms with Crippen molar-refractivity contribution in [2.75, 3.05) is 37.8 Å². The maximum atomic E-state index is 12.9. The second kappa shape index (κ2) is 8.59. The van der Waals surface area contributed by atoms with Gasteiger partial charge < -0.3 is 20.7 Å². The predicted octanol–water partition coefficient (Wildman–Crippen LogP) is 2.09. The van der Waals surface area contributed by atoms with Gasteiger partial charge in [0.25, 0.3) is 0 Å². The normalized spacial score (nSPS) is 11.1. The predicted molar refractivity (Wildman–Crippen MR) is 82.6 cm³/mol. The molecule has 0 aliphatic heterocycles. The molecule has 118 valence electrons. The summed E-state index contributed by atoms with van der Waals surface area (Å²) in [5, 5.41) is 2.68. The highest BCUT2D eigenvalue weighted by atomic mass is 19.1. The number of nitrogens with zero attached hydrogens (tertiary/aromatic N) is 1. The largest absolute Gasteiger partial charge is 0.397 e. The van der Waals surface area contributed by atoms with E-state index in [1.165, 1.54) is 18.2 Å². The van der Waals surface area contributed by atoms with Gasteiger partial charge in [-0.15, -0.1) is 0 Å². The molecule has 6 heteroatoms. The number of likely N-dealkylation sites (N-methyl/N-ethyl adjacent to an activating group) is 1. The summed E-state index contributed by atoms with van der Waals surface area (Å²) in [4.78, 5) is 13.8. The molecule has 1 rings (SSSR count). The average Bonchev–Trinajstić information content (AvgIpc) is 2.39. The molecule has 0 aliphatic rings. The van der Waals surface area contributed by atoms with Crippen molar-refractivity contribution in [2.45, 2.75) is 26.4 Å². The molecule has 0 saturated heterocycles. The first-order chi connectivity index (χ1) is 9.88. The van der Waals surface area contributed by atoms with Crippen molar-refractivity contribution in [3.8, 4) is 0 Å². The molecule has 1 aromatic rings. The number of rotatable bonds is 8. The number of carbonyl (C=O) groups excluding carboxylic acids is 1. The summed E-state index contributed by atoms with van der Waals surface area (Å²) in [5.41, 5.74) is 6.30. The third kappa shape index (κ3) is 7.06. The molecule has 3 N–H and O–H groups in total. The van der Waals surface area contributed by atoms with E-state index in [0.29, 0.717) is 25.3 Å². The Morgan fingerprint density at radius 2 is 2.14 bits per heavy atom. The summed E-state index contributed by atoms with van der Waals surface area (Å²) >= 11 is 0. The second-order valence-corrected chi connectivity index (χ2v) is 5.25. The third-order valence-electron chi connectivity index (χ3n) is 2.93. The second-order valence-electron chi connectivity index (χ2n) is 5.25. The van der Waals surface area contributed by atoms with Crippen LogP contribution in [-0.2, 0) is 9.53 Å². The van der Waals surface area contributed by atoms with E-state index in [2.05, 4.69) is 5.32 Å². The lowest BCUT2D eigenvalue weighted by atomic mass is 10.2. The van der Waals surface area contributed by atoms with Crippen LogP contribution in [0.1, 0.15) is 20.3 Å². The highest BCUT2D eigenvalue weighted by Gasteiger charge is 2.08. The van der Waals surface area contributed by atoms with E-state index in [9.17, 15) is 9.18 Å². The summed E-state index contributed by atoms with van der Waals surface area (Å²) in [6, 6.07) is 3.91. The number of hydrogen-bond acceptors (Lipinski definition) is 4. The molecule has 0 radical (unpaired) electrons. The zero-order valence-corrected chi connectivity index (χ0v) is 12.9. The van der Waals surface area contributed by atoms with E-state index in [1.54, 1.807) is 0 Å². The molecule has 1 amide bonds. The summed E-state index contributed by atoms with van der Waals surface area (Å²) in [6.07, 6.45) is 0.554. The van der Waals surface area contributed by atoms with Gasteiger partial charge in [-0.3, -0.25) is 4.79 Å². The lowest BCUT2D eigenvalue weighted by molar-refractivity contribution is -0.116. The molecule has 0 saturated carbocycles. The topological polar surface area (TPSA) is 67.6 Å². The third-order valence-corrected chi connectivity index (χ3v) is 2.93. The van der Waals surface area contributed by atoms with Crippen LogP contribution in [0.4, 0.5) is 15.8 Å². The molecule has 0 fully saturated rings. The lowest BCUT2D eigenvalue weighted by Gasteiger charge is -2.17. The standard InChI is InChI=1S/C15H24FN3O2/c1-11(2)21-9-8-19(3)7-6-15(20)18-14-5-4-12(16)10-13(14)17/h4-5,10-11H,6-9,17H2,1-3H3,(H,18,20). The Hall–Kier alpha value is -1.66. The van der Waals surface area contributed by atoms with E-state index in [0.717, 1.165) is 6.54 Å². The van der Waals surface area contributed by atoms with Crippen LogP contribution in [0.2, 0.25) is 0 Å². The van der Waals surface area contributed by atoms with Crippen LogP contribution in [0.3, 0.4) is 0 Å². The van der Waals surface area contributed by atoms with Crippen LogP contribution in [-0.4, -0.2) is 43.7 Å². The van der Waals surface area contributed by atoms with Crippen LogP contribution in [0.25, 0.3) is 0 Å². The lowest BCUT2D eigenvalue weighted by Crippen LogP contribution is -2.28. The molecular weight excluding hydrogens is 273 g/mol. The van der Waals surface area contributed by atoms with Crippen molar-refractivity contribution in [3.63, 3.8) is 0 Å². The first kappa shape index (κ1) is 17.4. The number of anilines is 2. The van der Waals surface area contributed by atoms with E-state index in [-0.39, 0.29) is 17.7 Å². The Morgan fingerprint density at radius 3 is 2.76 bits per heavy atom. The smallest absolute Gasteiger partial charge is 0.225 e. The van der Waals surface area contributed by atoms with Gasteiger partial charge in [0.15, 0.2) is 0 Å². The van der Waals surface area contributed by atoms with Gasteiger partial charge in [-0.2, -0.15) is 0 Å². The Kier molecular flexibility index (Phi) is 7.11. The zero-order valence-electron chi connectivity index (χ0n) is 12.9. The van der Waals surface area contributed by atoms with Gasteiger partial charge >= 0.3 is 0 Å². The van der Waals surface area contributed by atoms with Gasteiger partial charge in [-0.25, -0.2) is 4.39 Å². The average molecular weight is 297 g/mol. The monoisotopic (exact) mass is 297 g/mol. The number of nitrogen functional groups attached to an aromatic ring is 1. The number of carbonyl (C=O) groups is 1. The SMILES string of the molecule is CC(C)OCCN(C)CCC(=O)Nc1ccc(F)cc1N. The number of hydrogen-bond donors (Lipinski definition) is 2. The minimum atomic E-state index is -0.421. The highest BCUT2D eigenvalue weighted by Crippen LogP contribution is 2.19. The zero-order chi connectivity index (χ0) is 15.8. The maximum absolute atomic E-state index is 12.9. The van der Waals surface area contributed by atoms with E-state index in [1.807, 2.05) is 25.8 Å². The fraction of sp³-hybridized carbons (Fsp3) is 0.533. The van der Waals surface area contributed by atoms with Crippen LogP contribution in [0.5, 0.6) is 0 Å². The number of benzene rings is 1. The van der Waals surface area contributed by atoms with E-state index >= 15 is 0 Å². The molecule has 0 bridgehead atoms. The fourth-order valence-electron chi connectivity index (χ4n) is 1.71. The Balaban J connectivity index is 2.30. The van der Waals surface area contributed by atoms with Crippen LogP contribution >= 0.6 is 0 Å². The summed E-state index contributed by atoms with van der Waals surface area (Å²) < 4.78 is 18.4. The summed E-state index contributed by atoms with van der Waals surface area (Å²) in [6.45, 7) is 6.00. The van der Waals surface area contributed by atoms with Gasteiger partial charge in [-0.05, 0) is 39.1 Å². The maximum Gasteiger partial charge on any atom is 0.225 e. The molecule has 21 heavy (non-hydrogen) atoms. The molecule has 0 aliphatic carbocycles. The number of ether oxygens (including phenoxy) is 1. The number of amides is 1. The summed E-state index contributed by atoms with van der Waals surface area (Å²) in [7, 11) is 1.93. The molecule has 0 heterocycles. The van der Waals surface area contributed by atoms with Gasteiger partial charge in [-0.1, -0.05) is 0 Å². The van der Waals surface area contributed by atoms with Gasteiger partial charge in [0, 0.05) is 19.5 Å². The minimum absolute atomic E-state index is 0.148. The highest BCUT2D eigenvalue weighted by molar-refractivity contribution is 5.93. The fourth-order valence-corrected chi connectivity index (χ4v) is 1.71. The summed E-state index contributed by atoms with van der Waals surface area (Å²) in [5.74, 6) is -0.569. The number of nitrogens with one attached hydrogen (secondary N) is 1. The molecule has 0 aromatic heterocycles. The number of halogens is 1. The van der Waals surface area contributed by atoms with Gasteiger partial charge in [0.05, 0.1) is 24.1 Å². The Morgan fingerprint density at radius 1 is 1.43 bits per heavy atom. The Labute approximate surface area is 125 Å². The molecule has 5 nitrogen and oxygen atoms in total. The van der Waals surface area contributed by atoms with Crippen molar-refractivity contribution in [2.24, 2.45) is 0 Å². The van der Waals surface area contributed by atoms with Crippen molar-refractivity contribution in [3.05, 3.63) is 24.0 Å². The van der Waals surface area contributed by atoms with Crippen molar-refractivity contribution in [1.29, 1.82) is 0 Å². The number of nitrogens with two attached hydrogens (primary N) is 1. The van der Waals surface area contributed by atoms with Crippen LogP contribution < -0.4 is 11.1 Å². The molecule has 0 unspecified atom stereocenters. The quantitative estimate of drug-likeness (QED) is 0.721. The minimum Gasteiger partial charge on any atom is -0.397 e. The first-order valence-corrected chi connectivity index (χ1v) is 7.03. The van der Waals surface area contributed by atoms with Crippen molar-refractivity contribution < 1.29 is 13.9 Å². The van der Waals surface area contributed by atoms with Crippen LogP contribution in [0, 0.1) is 5.82 Å². The molecule has 0 spiro atoms. The van der Waals surface area contributed by atoms with E-state index in [4.69, 9.17) is 10.5 Å². The van der Waals surface area contributed by atoms with Gasteiger partial charge in [0.2, 0.25) is 5.91 Å².